The van der Waals surface area contributed by atoms with E-state index >= 15 is 0 Å². The van der Waals surface area contributed by atoms with E-state index in [-0.39, 0.29) is 5.91 Å². The number of nitrogens with one attached hydrogen (secondary N) is 1. The van der Waals surface area contributed by atoms with Gasteiger partial charge in [0.15, 0.2) is 0 Å². The van der Waals surface area contributed by atoms with E-state index in [1.54, 1.807) is 0 Å². The van der Waals surface area contributed by atoms with Crippen LogP contribution in [-0.4, -0.2) is 56.3 Å². The van der Waals surface area contributed by atoms with Gasteiger partial charge in [0, 0.05) is 24.8 Å². The van der Waals surface area contributed by atoms with Gasteiger partial charge in [-0.2, -0.15) is 0 Å². The molecule has 1 N–H and O–H groups in total. The Kier molecular flexibility index (Phi) is 7.96. The van der Waals surface area contributed by atoms with E-state index in [1.807, 2.05) is 31.2 Å². The number of ether oxygens (including phenoxy) is 2. The van der Waals surface area contributed by atoms with Gasteiger partial charge < -0.3 is 19.7 Å². The van der Waals surface area contributed by atoms with Crippen LogP contribution < -0.4 is 10.1 Å². The summed E-state index contributed by atoms with van der Waals surface area (Å²) in [7, 11) is 0. The van der Waals surface area contributed by atoms with Gasteiger partial charge in [-0.3, -0.25) is 4.79 Å². The molecule has 0 spiro atoms. The Labute approximate surface area is 163 Å². The van der Waals surface area contributed by atoms with E-state index < -0.39 is 0 Å². The largest absolute Gasteiger partial charge is 0.491 e. The molecular formula is C22H34N2O3. The van der Waals surface area contributed by atoms with Gasteiger partial charge >= 0.3 is 0 Å². The average Bonchev–Trinajstić information content (AvgIpc) is 3.20. The van der Waals surface area contributed by atoms with Crippen LogP contribution in [0.4, 0.5) is 0 Å². The monoisotopic (exact) mass is 374 g/mol. The molecule has 1 aromatic carbocycles. The average molecular weight is 375 g/mol. The van der Waals surface area contributed by atoms with Gasteiger partial charge in [0.2, 0.25) is 0 Å². The van der Waals surface area contributed by atoms with Crippen LogP contribution in [0.1, 0.15) is 55.8 Å². The molecule has 2 aliphatic rings. The van der Waals surface area contributed by atoms with Crippen molar-refractivity contribution in [1.29, 1.82) is 0 Å². The molecule has 5 heteroatoms. The Morgan fingerprint density at radius 1 is 1.07 bits per heavy atom. The maximum atomic E-state index is 12.7. The van der Waals surface area contributed by atoms with Crippen molar-refractivity contribution >= 4 is 5.91 Å². The zero-order chi connectivity index (χ0) is 18.9. The molecule has 27 heavy (non-hydrogen) atoms. The number of hydrogen-bond donors (Lipinski definition) is 1. The van der Waals surface area contributed by atoms with E-state index in [0.717, 1.165) is 18.7 Å². The summed E-state index contributed by atoms with van der Waals surface area (Å²) in [6, 6.07) is 7.73. The second kappa shape index (κ2) is 10.7. The lowest BCUT2D eigenvalue weighted by molar-refractivity contribution is 0.0891. The van der Waals surface area contributed by atoms with Crippen molar-refractivity contribution in [3.05, 3.63) is 29.8 Å². The summed E-state index contributed by atoms with van der Waals surface area (Å²) < 4.78 is 10.9. The lowest BCUT2D eigenvalue weighted by Gasteiger charge is -2.34. The molecule has 5 nitrogen and oxygen atoms in total. The molecule has 0 radical (unpaired) electrons. The first-order valence-electron chi connectivity index (χ1n) is 10.6. The lowest BCUT2D eigenvalue weighted by Crippen LogP contribution is -2.46. The van der Waals surface area contributed by atoms with Gasteiger partial charge in [0.1, 0.15) is 12.4 Å². The molecule has 2 atom stereocenters. The SMILES string of the molecule is CCOCCOc1ccc(C(=O)N[C@@H]2CCCC[C@@H]2CN2CCCC2)cc1. The van der Waals surface area contributed by atoms with E-state index in [0.29, 0.717) is 37.3 Å². The highest BCUT2D eigenvalue weighted by molar-refractivity contribution is 5.94. The summed E-state index contributed by atoms with van der Waals surface area (Å²) in [5, 5.41) is 3.31. The maximum Gasteiger partial charge on any atom is 0.251 e. The van der Waals surface area contributed by atoms with E-state index in [2.05, 4.69) is 10.2 Å². The minimum atomic E-state index is 0.0363. The fraction of sp³-hybridized carbons (Fsp3) is 0.682. The summed E-state index contributed by atoms with van der Waals surface area (Å²) in [5.74, 6) is 1.40. The van der Waals surface area contributed by atoms with Crippen LogP contribution >= 0.6 is 0 Å². The number of rotatable bonds is 9. The topological polar surface area (TPSA) is 50.8 Å². The summed E-state index contributed by atoms with van der Waals surface area (Å²) in [6.45, 7) is 7.36. The summed E-state index contributed by atoms with van der Waals surface area (Å²) >= 11 is 0. The number of amides is 1. The third kappa shape index (κ3) is 6.22. The smallest absolute Gasteiger partial charge is 0.251 e. The minimum absolute atomic E-state index is 0.0363. The van der Waals surface area contributed by atoms with E-state index in [4.69, 9.17) is 9.47 Å². The number of nitrogens with zero attached hydrogens (tertiary/aromatic N) is 1. The molecule has 0 aromatic heterocycles. The summed E-state index contributed by atoms with van der Waals surface area (Å²) in [6.07, 6.45) is 7.48. The lowest BCUT2D eigenvalue weighted by atomic mass is 9.84. The predicted molar refractivity (Wildman–Crippen MR) is 107 cm³/mol. The highest BCUT2D eigenvalue weighted by Crippen LogP contribution is 2.27. The van der Waals surface area contributed by atoms with Crippen LogP contribution in [0.2, 0.25) is 0 Å². The van der Waals surface area contributed by atoms with Crippen LogP contribution in [0.3, 0.4) is 0 Å². The van der Waals surface area contributed by atoms with Crippen molar-refractivity contribution in [2.24, 2.45) is 5.92 Å². The quantitative estimate of drug-likeness (QED) is 0.672. The van der Waals surface area contributed by atoms with Crippen molar-refractivity contribution in [3.63, 3.8) is 0 Å². The Hall–Kier alpha value is -1.59. The number of likely N-dealkylation sites (tertiary alicyclic amines) is 1. The zero-order valence-electron chi connectivity index (χ0n) is 16.6. The van der Waals surface area contributed by atoms with Gasteiger partial charge in [-0.1, -0.05) is 12.8 Å². The maximum absolute atomic E-state index is 12.7. The van der Waals surface area contributed by atoms with E-state index in [9.17, 15) is 4.79 Å². The van der Waals surface area contributed by atoms with Gasteiger partial charge in [-0.15, -0.1) is 0 Å². The molecule has 1 aromatic rings. The number of carbonyl (C=O) groups is 1. The van der Waals surface area contributed by atoms with Crippen molar-refractivity contribution in [2.45, 2.75) is 51.5 Å². The Bertz CT molecular complexity index is 569. The summed E-state index contributed by atoms with van der Waals surface area (Å²) in [5.41, 5.74) is 0.706. The molecule has 1 amide bonds. The predicted octanol–water partition coefficient (Wildman–Crippen LogP) is 3.49. The third-order valence-electron chi connectivity index (χ3n) is 5.73. The molecule has 150 valence electrons. The first-order chi connectivity index (χ1) is 13.3. The second-order valence-corrected chi connectivity index (χ2v) is 7.70. The van der Waals surface area contributed by atoms with Crippen molar-refractivity contribution in [3.8, 4) is 5.75 Å². The first-order valence-corrected chi connectivity index (χ1v) is 10.6. The van der Waals surface area contributed by atoms with Crippen LogP contribution in [0.15, 0.2) is 24.3 Å². The fourth-order valence-corrected chi connectivity index (χ4v) is 4.23. The molecule has 1 saturated heterocycles. The van der Waals surface area contributed by atoms with Gasteiger partial charge in [-0.05, 0) is 75.9 Å². The van der Waals surface area contributed by atoms with Gasteiger partial charge in [0.25, 0.3) is 5.91 Å². The van der Waals surface area contributed by atoms with E-state index in [1.165, 1.54) is 45.2 Å². The van der Waals surface area contributed by atoms with Crippen molar-refractivity contribution in [2.75, 3.05) is 39.5 Å². The second-order valence-electron chi connectivity index (χ2n) is 7.70. The zero-order valence-corrected chi connectivity index (χ0v) is 16.6. The third-order valence-corrected chi connectivity index (χ3v) is 5.73. The normalized spacial score (nSPS) is 23.3. The molecule has 2 fully saturated rings. The molecule has 0 unspecified atom stereocenters. The molecule has 0 bridgehead atoms. The standard InChI is InChI=1S/C22H34N2O3/c1-2-26-15-16-27-20-11-9-18(10-12-20)22(25)23-21-8-4-3-7-19(21)17-24-13-5-6-14-24/h9-12,19,21H,2-8,13-17H2,1H3,(H,23,25)/t19-,21-/m1/s1. The van der Waals surface area contributed by atoms with Crippen LogP contribution in [0, 0.1) is 5.92 Å². The Morgan fingerprint density at radius 3 is 2.56 bits per heavy atom. The fourth-order valence-electron chi connectivity index (χ4n) is 4.23. The highest BCUT2D eigenvalue weighted by Gasteiger charge is 2.29. The molecule has 1 heterocycles. The molecule has 3 rings (SSSR count). The summed E-state index contributed by atoms with van der Waals surface area (Å²) in [4.78, 5) is 15.3. The number of benzene rings is 1. The first kappa shape index (κ1) is 20.2. The highest BCUT2D eigenvalue weighted by atomic mass is 16.5. The van der Waals surface area contributed by atoms with Crippen LogP contribution in [0.25, 0.3) is 0 Å². The molecule has 1 aliphatic heterocycles. The van der Waals surface area contributed by atoms with Gasteiger partial charge in [0.05, 0.1) is 6.61 Å². The van der Waals surface area contributed by atoms with Crippen LogP contribution in [-0.2, 0) is 4.74 Å². The van der Waals surface area contributed by atoms with Crippen LogP contribution in [0.5, 0.6) is 5.75 Å². The minimum Gasteiger partial charge on any atom is -0.491 e. The van der Waals surface area contributed by atoms with Gasteiger partial charge in [-0.25, -0.2) is 0 Å². The molecule has 1 saturated carbocycles. The number of carbonyl (C=O) groups excluding carboxylic acids is 1. The molecular weight excluding hydrogens is 340 g/mol. The Balaban J connectivity index is 1.50. The molecule has 1 aliphatic carbocycles. The Morgan fingerprint density at radius 2 is 1.81 bits per heavy atom. The number of hydrogen-bond acceptors (Lipinski definition) is 4. The van der Waals surface area contributed by atoms with Crippen molar-refractivity contribution in [1.82, 2.24) is 10.2 Å². The van der Waals surface area contributed by atoms with Crippen molar-refractivity contribution < 1.29 is 14.3 Å².